The van der Waals surface area contributed by atoms with Gasteiger partial charge in [0.2, 0.25) is 11.8 Å². The van der Waals surface area contributed by atoms with Gasteiger partial charge in [-0.1, -0.05) is 48.5 Å². The summed E-state index contributed by atoms with van der Waals surface area (Å²) in [5, 5.41) is 5.53. The number of nitrogens with one attached hydrogen (secondary N) is 2. The number of carbonyl (C=O) groups excluding carboxylic acids is 2. The molecule has 2 N–H and O–H groups in total. The Morgan fingerprint density at radius 1 is 0.742 bits per heavy atom. The Labute approximate surface area is 192 Å². The SMILES string of the molecule is CC(Sc1ccccc1)C(=O)NCc1cccc(NC(=O)C(C)Sc2ccccc2)c1. The number of anilines is 1. The molecule has 0 aliphatic rings. The first-order chi connectivity index (χ1) is 15.0. The molecular weight excluding hydrogens is 424 g/mol. The van der Waals surface area contributed by atoms with E-state index in [2.05, 4.69) is 10.6 Å². The summed E-state index contributed by atoms with van der Waals surface area (Å²) in [6, 6.07) is 27.3. The maximum Gasteiger partial charge on any atom is 0.237 e. The summed E-state index contributed by atoms with van der Waals surface area (Å²) in [5.41, 5.74) is 1.66. The van der Waals surface area contributed by atoms with Crippen LogP contribution in [-0.2, 0) is 16.1 Å². The zero-order valence-electron chi connectivity index (χ0n) is 17.6. The van der Waals surface area contributed by atoms with Gasteiger partial charge in [-0.2, -0.15) is 0 Å². The molecule has 3 aromatic carbocycles. The third kappa shape index (κ3) is 7.49. The van der Waals surface area contributed by atoms with Crippen molar-refractivity contribution in [3.63, 3.8) is 0 Å². The lowest BCUT2D eigenvalue weighted by Crippen LogP contribution is -2.30. The van der Waals surface area contributed by atoms with Crippen LogP contribution < -0.4 is 10.6 Å². The summed E-state index contributed by atoms with van der Waals surface area (Å²) in [7, 11) is 0. The highest BCUT2D eigenvalue weighted by Crippen LogP contribution is 2.24. The number of rotatable bonds is 9. The number of hydrogen-bond acceptors (Lipinski definition) is 4. The van der Waals surface area contributed by atoms with E-state index in [9.17, 15) is 9.59 Å². The lowest BCUT2D eigenvalue weighted by molar-refractivity contribution is -0.120. The molecule has 2 unspecified atom stereocenters. The molecule has 0 radical (unpaired) electrons. The minimum atomic E-state index is -0.221. The lowest BCUT2D eigenvalue weighted by atomic mass is 10.2. The second kappa shape index (κ2) is 11.6. The van der Waals surface area contributed by atoms with E-state index in [4.69, 9.17) is 0 Å². The zero-order valence-corrected chi connectivity index (χ0v) is 19.2. The molecule has 3 rings (SSSR count). The van der Waals surface area contributed by atoms with Gasteiger partial charge in [0.05, 0.1) is 10.5 Å². The van der Waals surface area contributed by atoms with Crippen molar-refractivity contribution in [2.75, 3.05) is 5.32 Å². The lowest BCUT2D eigenvalue weighted by Gasteiger charge is -2.14. The van der Waals surface area contributed by atoms with Gasteiger partial charge < -0.3 is 10.6 Å². The van der Waals surface area contributed by atoms with Gasteiger partial charge in [-0.25, -0.2) is 0 Å². The van der Waals surface area contributed by atoms with Gasteiger partial charge in [0.15, 0.2) is 0 Å². The topological polar surface area (TPSA) is 58.2 Å². The molecule has 2 atom stereocenters. The molecule has 4 nitrogen and oxygen atoms in total. The fourth-order valence-electron chi connectivity index (χ4n) is 2.85. The molecule has 0 aliphatic heterocycles. The van der Waals surface area contributed by atoms with Crippen LogP contribution in [0.5, 0.6) is 0 Å². The van der Waals surface area contributed by atoms with E-state index in [1.165, 1.54) is 23.5 Å². The van der Waals surface area contributed by atoms with E-state index in [1.807, 2.05) is 98.8 Å². The molecule has 2 amide bonds. The maximum atomic E-state index is 12.6. The third-order valence-electron chi connectivity index (χ3n) is 4.51. The first-order valence-electron chi connectivity index (χ1n) is 10.1. The molecule has 6 heteroatoms. The average Bonchev–Trinajstić information content (AvgIpc) is 2.79. The Hall–Kier alpha value is -2.70. The van der Waals surface area contributed by atoms with Gasteiger partial charge in [-0.15, -0.1) is 23.5 Å². The largest absolute Gasteiger partial charge is 0.351 e. The predicted molar refractivity (Wildman–Crippen MR) is 130 cm³/mol. The standard InChI is InChI=1S/C25H26N2O2S2/c1-18(30-22-12-5-3-6-13-22)24(28)26-17-20-10-9-11-21(16-20)27-25(29)19(2)31-23-14-7-4-8-15-23/h3-16,18-19H,17H2,1-2H3,(H,26,28)(H,27,29). The first kappa shape index (κ1) is 23.0. The minimum Gasteiger partial charge on any atom is -0.351 e. The molecule has 0 saturated carbocycles. The normalized spacial score (nSPS) is 12.6. The van der Waals surface area contributed by atoms with E-state index in [0.29, 0.717) is 6.54 Å². The van der Waals surface area contributed by atoms with E-state index in [-0.39, 0.29) is 22.3 Å². The Morgan fingerprint density at radius 2 is 1.29 bits per heavy atom. The summed E-state index contributed by atoms with van der Waals surface area (Å²) in [6.45, 7) is 4.20. The zero-order chi connectivity index (χ0) is 22.1. The van der Waals surface area contributed by atoms with Crippen LogP contribution in [0.2, 0.25) is 0 Å². The van der Waals surface area contributed by atoms with E-state index < -0.39 is 0 Å². The van der Waals surface area contributed by atoms with Crippen molar-refractivity contribution in [2.45, 2.75) is 40.7 Å². The Kier molecular flexibility index (Phi) is 8.62. The van der Waals surface area contributed by atoms with Crippen LogP contribution in [0.25, 0.3) is 0 Å². The molecular formula is C25H26N2O2S2. The molecule has 31 heavy (non-hydrogen) atoms. The van der Waals surface area contributed by atoms with Crippen LogP contribution in [0, 0.1) is 0 Å². The summed E-state index contributed by atoms with van der Waals surface area (Å²) < 4.78 is 0. The summed E-state index contributed by atoms with van der Waals surface area (Å²) in [6.07, 6.45) is 0. The summed E-state index contributed by atoms with van der Waals surface area (Å²) in [4.78, 5) is 27.1. The van der Waals surface area contributed by atoms with E-state index in [1.54, 1.807) is 0 Å². The Bertz CT molecular complexity index is 997. The highest BCUT2D eigenvalue weighted by molar-refractivity contribution is 8.00. The summed E-state index contributed by atoms with van der Waals surface area (Å²) in [5.74, 6) is -0.0703. The maximum absolute atomic E-state index is 12.6. The number of thioether (sulfide) groups is 2. The predicted octanol–water partition coefficient (Wildman–Crippen LogP) is 5.60. The van der Waals surface area contributed by atoms with Gasteiger partial charge in [0.1, 0.15) is 0 Å². The van der Waals surface area contributed by atoms with Crippen LogP contribution >= 0.6 is 23.5 Å². The molecule has 0 aliphatic carbocycles. The van der Waals surface area contributed by atoms with Gasteiger partial charge in [-0.05, 0) is 55.8 Å². The monoisotopic (exact) mass is 450 g/mol. The van der Waals surface area contributed by atoms with Gasteiger partial charge >= 0.3 is 0 Å². The highest BCUT2D eigenvalue weighted by atomic mass is 32.2. The number of hydrogen-bond donors (Lipinski definition) is 2. The fourth-order valence-corrected chi connectivity index (χ4v) is 4.65. The van der Waals surface area contributed by atoms with E-state index in [0.717, 1.165) is 21.0 Å². The smallest absolute Gasteiger partial charge is 0.237 e. The fraction of sp³-hybridized carbons (Fsp3) is 0.200. The molecule has 0 bridgehead atoms. The Balaban J connectivity index is 1.50. The number of benzene rings is 3. The first-order valence-corrected chi connectivity index (χ1v) is 11.9. The van der Waals surface area contributed by atoms with Crippen LogP contribution in [-0.4, -0.2) is 22.3 Å². The van der Waals surface area contributed by atoms with Gasteiger partial charge in [-0.3, -0.25) is 9.59 Å². The number of amides is 2. The van der Waals surface area contributed by atoms with Crippen LogP contribution in [0.3, 0.4) is 0 Å². The Morgan fingerprint density at radius 3 is 1.87 bits per heavy atom. The van der Waals surface area contributed by atoms with Crippen molar-refractivity contribution in [2.24, 2.45) is 0 Å². The quantitative estimate of drug-likeness (QED) is 0.417. The third-order valence-corrected chi connectivity index (χ3v) is 6.74. The molecule has 0 heterocycles. The van der Waals surface area contributed by atoms with E-state index >= 15 is 0 Å². The van der Waals surface area contributed by atoms with Crippen LogP contribution in [0.1, 0.15) is 19.4 Å². The van der Waals surface area contributed by atoms with Crippen molar-refractivity contribution in [3.8, 4) is 0 Å². The van der Waals surface area contributed by atoms with Crippen molar-refractivity contribution >= 4 is 41.0 Å². The van der Waals surface area contributed by atoms with Crippen LogP contribution in [0.4, 0.5) is 5.69 Å². The number of carbonyl (C=O) groups is 2. The van der Waals surface area contributed by atoms with Gasteiger partial charge in [0, 0.05) is 22.0 Å². The van der Waals surface area contributed by atoms with Crippen molar-refractivity contribution in [1.29, 1.82) is 0 Å². The second-order valence-corrected chi connectivity index (χ2v) is 9.88. The van der Waals surface area contributed by atoms with Crippen molar-refractivity contribution < 1.29 is 9.59 Å². The molecule has 0 fully saturated rings. The molecule has 0 saturated heterocycles. The molecule has 160 valence electrons. The average molecular weight is 451 g/mol. The van der Waals surface area contributed by atoms with Crippen molar-refractivity contribution in [1.82, 2.24) is 5.32 Å². The van der Waals surface area contributed by atoms with Crippen molar-refractivity contribution in [3.05, 3.63) is 90.5 Å². The summed E-state index contributed by atoms with van der Waals surface area (Å²) >= 11 is 3.05. The minimum absolute atomic E-state index is 0.0174. The highest BCUT2D eigenvalue weighted by Gasteiger charge is 2.16. The second-order valence-electron chi connectivity index (χ2n) is 7.05. The molecule has 0 spiro atoms. The van der Waals surface area contributed by atoms with Crippen LogP contribution in [0.15, 0.2) is 94.7 Å². The molecule has 3 aromatic rings. The molecule has 0 aromatic heterocycles. The van der Waals surface area contributed by atoms with Gasteiger partial charge in [0.25, 0.3) is 0 Å².